The number of rotatable bonds is 9. The number of hydrogen-bond donors (Lipinski definition) is 1. The van der Waals surface area contributed by atoms with Crippen LogP contribution < -0.4 is 14.8 Å². The van der Waals surface area contributed by atoms with Crippen molar-refractivity contribution in [1.82, 2.24) is 15.1 Å². The van der Waals surface area contributed by atoms with E-state index in [1.54, 1.807) is 13.2 Å². The van der Waals surface area contributed by atoms with E-state index in [1.807, 2.05) is 49.1 Å². The summed E-state index contributed by atoms with van der Waals surface area (Å²) >= 11 is 0. The van der Waals surface area contributed by atoms with Gasteiger partial charge in [0.1, 0.15) is 0 Å². The lowest BCUT2D eigenvalue weighted by atomic mass is 10.2. The normalized spacial score (nSPS) is 10.8. The molecule has 0 unspecified atom stereocenters. The zero-order chi connectivity index (χ0) is 18.1. The van der Waals surface area contributed by atoms with Crippen molar-refractivity contribution in [3.05, 3.63) is 47.8 Å². The van der Waals surface area contributed by atoms with E-state index in [2.05, 4.69) is 10.4 Å². The number of nitrogens with zero attached hydrogens (tertiary/aromatic N) is 2. The highest BCUT2D eigenvalue weighted by atomic mass is 16.5. The molecule has 0 aliphatic carbocycles. The average molecular weight is 343 g/mol. The van der Waals surface area contributed by atoms with Gasteiger partial charge in [-0.05, 0) is 49.6 Å². The molecule has 1 aromatic carbocycles. The Morgan fingerprint density at radius 3 is 2.88 bits per heavy atom. The zero-order valence-electron chi connectivity index (χ0n) is 15.0. The lowest BCUT2D eigenvalue weighted by Crippen LogP contribution is -2.23. The Labute approximate surface area is 148 Å². The van der Waals surface area contributed by atoms with Crippen molar-refractivity contribution in [3.8, 4) is 11.5 Å². The third-order valence-electron chi connectivity index (χ3n) is 3.54. The summed E-state index contributed by atoms with van der Waals surface area (Å²) < 4.78 is 12.7. The molecule has 0 saturated heterocycles. The second kappa shape index (κ2) is 9.52. The van der Waals surface area contributed by atoms with Gasteiger partial charge in [0.05, 0.1) is 19.9 Å². The van der Waals surface area contributed by atoms with Crippen molar-refractivity contribution in [2.75, 3.05) is 20.3 Å². The van der Waals surface area contributed by atoms with Crippen LogP contribution in [-0.2, 0) is 11.3 Å². The van der Waals surface area contributed by atoms with Crippen molar-refractivity contribution in [3.63, 3.8) is 0 Å². The standard InChI is InChI=1S/C19H25N3O3/c1-4-25-18-12-16(6-8-17(18)24-3)7-9-19(23)20-10-5-11-22-14-15(2)13-21-22/h6-9,12-14H,4-5,10-11H2,1-3H3,(H,20,23). The first-order chi connectivity index (χ1) is 12.1. The third kappa shape index (κ3) is 5.99. The molecule has 6 nitrogen and oxygen atoms in total. The fourth-order valence-corrected chi connectivity index (χ4v) is 2.34. The summed E-state index contributed by atoms with van der Waals surface area (Å²) in [5.74, 6) is 1.23. The molecule has 0 aliphatic heterocycles. The molecular weight excluding hydrogens is 318 g/mol. The van der Waals surface area contributed by atoms with Crippen molar-refractivity contribution < 1.29 is 14.3 Å². The van der Waals surface area contributed by atoms with Gasteiger partial charge in [-0.3, -0.25) is 9.48 Å². The van der Waals surface area contributed by atoms with E-state index >= 15 is 0 Å². The average Bonchev–Trinajstić information content (AvgIpc) is 3.02. The van der Waals surface area contributed by atoms with Crippen LogP contribution in [0, 0.1) is 6.92 Å². The number of benzene rings is 1. The molecule has 0 saturated carbocycles. The second-order valence-electron chi connectivity index (χ2n) is 5.60. The summed E-state index contributed by atoms with van der Waals surface area (Å²) in [6, 6.07) is 5.56. The number of aromatic nitrogens is 2. The van der Waals surface area contributed by atoms with Gasteiger partial charge < -0.3 is 14.8 Å². The first-order valence-corrected chi connectivity index (χ1v) is 8.38. The largest absolute Gasteiger partial charge is 0.493 e. The van der Waals surface area contributed by atoms with Crippen molar-refractivity contribution in [2.45, 2.75) is 26.8 Å². The SMILES string of the molecule is CCOc1cc(C=CC(=O)NCCCn2cc(C)cn2)ccc1OC. The molecule has 0 spiro atoms. The Hall–Kier alpha value is -2.76. The van der Waals surface area contributed by atoms with Crippen molar-refractivity contribution >= 4 is 12.0 Å². The maximum atomic E-state index is 11.9. The van der Waals surface area contributed by atoms with E-state index in [9.17, 15) is 4.79 Å². The molecule has 0 atom stereocenters. The molecule has 2 aromatic rings. The van der Waals surface area contributed by atoms with Crippen LogP contribution in [0.4, 0.5) is 0 Å². The molecule has 0 aliphatic rings. The minimum absolute atomic E-state index is 0.120. The molecule has 6 heteroatoms. The zero-order valence-corrected chi connectivity index (χ0v) is 15.0. The number of hydrogen-bond acceptors (Lipinski definition) is 4. The number of ether oxygens (including phenoxy) is 2. The summed E-state index contributed by atoms with van der Waals surface area (Å²) in [4.78, 5) is 11.9. The number of aryl methyl sites for hydroxylation is 2. The predicted octanol–water partition coefficient (Wildman–Crippen LogP) is 2.82. The Morgan fingerprint density at radius 1 is 1.36 bits per heavy atom. The molecule has 0 fully saturated rings. The van der Waals surface area contributed by atoms with Crippen LogP contribution in [0.2, 0.25) is 0 Å². The van der Waals surface area contributed by atoms with Gasteiger partial charge in [0, 0.05) is 25.4 Å². The molecule has 0 radical (unpaired) electrons. The van der Waals surface area contributed by atoms with Crippen LogP contribution in [0.3, 0.4) is 0 Å². The third-order valence-corrected chi connectivity index (χ3v) is 3.54. The Balaban J connectivity index is 1.80. The molecule has 1 N–H and O–H groups in total. The van der Waals surface area contributed by atoms with Crippen LogP contribution in [0.25, 0.3) is 6.08 Å². The molecular formula is C19H25N3O3. The van der Waals surface area contributed by atoms with Gasteiger partial charge in [-0.1, -0.05) is 6.07 Å². The minimum Gasteiger partial charge on any atom is -0.493 e. The number of methoxy groups -OCH3 is 1. The summed E-state index contributed by atoms with van der Waals surface area (Å²) in [6.07, 6.45) is 7.93. The predicted molar refractivity (Wildman–Crippen MR) is 97.8 cm³/mol. The lowest BCUT2D eigenvalue weighted by molar-refractivity contribution is -0.116. The van der Waals surface area contributed by atoms with Crippen LogP contribution >= 0.6 is 0 Å². The molecule has 25 heavy (non-hydrogen) atoms. The minimum atomic E-state index is -0.120. The highest BCUT2D eigenvalue weighted by Crippen LogP contribution is 2.28. The van der Waals surface area contributed by atoms with Gasteiger partial charge in [-0.25, -0.2) is 0 Å². The topological polar surface area (TPSA) is 65.4 Å². The number of carbonyl (C=O) groups is 1. The van der Waals surface area contributed by atoms with E-state index < -0.39 is 0 Å². The summed E-state index contributed by atoms with van der Waals surface area (Å²) in [6.45, 7) is 5.87. The monoisotopic (exact) mass is 343 g/mol. The molecule has 1 amide bonds. The molecule has 134 valence electrons. The van der Waals surface area contributed by atoms with Crippen LogP contribution in [0.1, 0.15) is 24.5 Å². The van der Waals surface area contributed by atoms with E-state index in [0.29, 0.717) is 24.7 Å². The van der Waals surface area contributed by atoms with E-state index in [4.69, 9.17) is 9.47 Å². The Morgan fingerprint density at radius 2 is 2.20 bits per heavy atom. The second-order valence-corrected chi connectivity index (χ2v) is 5.60. The van der Waals surface area contributed by atoms with Gasteiger partial charge >= 0.3 is 0 Å². The van der Waals surface area contributed by atoms with E-state index in [1.165, 1.54) is 6.08 Å². The summed E-state index contributed by atoms with van der Waals surface area (Å²) in [5.41, 5.74) is 2.02. The summed E-state index contributed by atoms with van der Waals surface area (Å²) in [7, 11) is 1.60. The highest BCUT2D eigenvalue weighted by molar-refractivity contribution is 5.91. The maximum absolute atomic E-state index is 11.9. The van der Waals surface area contributed by atoms with Crippen LogP contribution in [0.5, 0.6) is 11.5 Å². The van der Waals surface area contributed by atoms with E-state index in [0.717, 1.165) is 24.1 Å². The molecule has 1 aromatic heterocycles. The first kappa shape index (κ1) is 18.6. The fourth-order valence-electron chi connectivity index (χ4n) is 2.34. The van der Waals surface area contributed by atoms with Gasteiger partial charge in [-0.15, -0.1) is 0 Å². The van der Waals surface area contributed by atoms with Crippen LogP contribution in [0.15, 0.2) is 36.7 Å². The number of nitrogens with one attached hydrogen (secondary N) is 1. The molecule has 2 rings (SSSR count). The van der Waals surface area contributed by atoms with Gasteiger partial charge in [0.15, 0.2) is 11.5 Å². The smallest absolute Gasteiger partial charge is 0.244 e. The molecule has 1 heterocycles. The quantitative estimate of drug-likeness (QED) is 0.562. The lowest BCUT2D eigenvalue weighted by Gasteiger charge is -2.09. The Kier molecular flexibility index (Phi) is 7.07. The molecule has 0 bridgehead atoms. The highest BCUT2D eigenvalue weighted by Gasteiger charge is 2.04. The van der Waals surface area contributed by atoms with Gasteiger partial charge in [0.2, 0.25) is 5.91 Å². The number of carbonyl (C=O) groups excluding carboxylic acids is 1. The van der Waals surface area contributed by atoms with Crippen LogP contribution in [-0.4, -0.2) is 35.9 Å². The number of amides is 1. The van der Waals surface area contributed by atoms with E-state index in [-0.39, 0.29) is 5.91 Å². The maximum Gasteiger partial charge on any atom is 0.244 e. The van der Waals surface area contributed by atoms with Gasteiger partial charge in [-0.2, -0.15) is 5.10 Å². The Bertz CT molecular complexity index is 722. The van der Waals surface area contributed by atoms with Gasteiger partial charge in [0.25, 0.3) is 0 Å². The fraction of sp³-hybridized carbons (Fsp3) is 0.368. The van der Waals surface area contributed by atoms with Crippen molar-refractivity contribution in [2.24, 2.45) is 0 Å². The van der Waals surface area contributed by atoms with Crippen molar-refractivity contribution in [1.29, 1.82) is 0 Å². The first-order valence-electron chi connectivity index (χ1n) is 8.38. The summed E-state index contributed by atoms with van der Waals surface area (Å²) in [5, 5.41) is 7.08.